The summed E-state index contributed by atoms with van der Waals surface area (Å²) in [7, 11) is 1.46. The Morgan fingerprint density at radius 1 is 1.50 bits per heavy atom. The van der Waals surface area contributed by atoms with Gasteiger partial charge in [-0.05, 0) is 30.6 Å². The van der Waals surface area contributed by atoms with Crippen LogP contribution in [0.3, 0.4) is 0 Å². The highest BCUT2D eigenvalue weighted by atomic mass is 32.2. The third kappa shape index (κ3) is 4.43. The molecule has 1 aromatic rings. The molecule has 0 unspecified atom stereocenters. The first kappa shape index (κ1) is 16.3. The first-order valence-corrected chi connectivity index (χ1v) is 7.35. The molecule has 0 aliphatic rings. The lowest BCUT2D eigenvalue weighted by atomic mass is 10.1. The zero-order valence-corrected chi connectivity index (χ0v) is 12.2. The molecule has 1 rings (SSSR count). The molecule has 1 aromatic carbocycles. The smallest absolute Gasteiger partial charge is 0.337 e. The number of hydrogen-bond acceptors (Lipinski definition) is 5. The maximum absolute atomic E-state index is 11.9. The fourth-order valence-electron chi connectivity index (χ4n) is 1.54. The number of benzene rings is 1. The number of hydrogen-bond donors (Lipinski definition) is 3. The van der Waals surface area contributed by atoms with E-state index in [9.17, 15) is 9.59 Å². The van der Waals surface area contributed by atoms with Gasteiger partial charge in [0.05, 0.1) is 24.4 Å². The van der Waals surface area contributed by atoms with E-state index in [4.69, 9.17) is 15.6 Å². The molecule has 4 N–H and O–H groups in total. The fourth-order valence-corrected chi connectivity index (χ4v) is 2.03. The molecule has 0 aliphatic heterocycles. The maximum atomic E-state index is 11.9. The van der Waals surface area contributed by atoms with Crippen LogP contribution in [0.25, 0.3) is 0 Å². The highest BCUT2D eigenvalue weighted by Crippen LogP contribution is 2.23. The Labute approximate surface area is 121 Å². The van der Waals surface area contributed by atoms with Gasteiger partial charge in [0.2, 0.25) is 5.91 Å². The number of anilines is 1. The third-order valence-corrected chi connectivity index (χ3v) is 3.33. The minimum atomic E-state index is -1.12. The average Bonchev–Trinajstić information content (AvgIpc) is 2.44. The van der Waals surface area contributed by atoms with Crippen molar-refractivity contribution >= 4 is 29.3 Å². The summed E-state index contributed by atoms with van der Waals surface area (Å²) in [5, 5.41) is 11.6. The van der Waals surface area contributed by atoms with Gasteiger partial charge in [0, 0.05) is 6.07 Å². The summed E-state index contributed by atoms with van der Waals surface area (Å²) in [5.41, 5.74) is 5.92. The van der Waals surface area contributed by atoms with E-state index in [-0.39, 0.29) is 11.3 Å². The van der Waals surface area contributed by atoms with E-state index in [2.05, 4.69) is 5.32 Å². The number of amides is 1. The zero-order chi connectivity index (χ0) is 15.1. The number of carboxylic acids is 1. The van der Waals surface area contributed by atoms with Crippen molar-refractivity contribution in [3.8, 4) is 5.75 Å². The number of rotatable bonds is 7. The number of aromatic carboxylic acids is 1. The van der Waals surface area contributed by atoms with E-state index in [0.29, 0.717) is 12.2 Å². The Bertz CT molecular complexity index is 493. The molecule has 20 heavy (non-hydrogen) atoms. The van der Waals surface area contributed by atoms with Gasteiger partial charge in [0.25, 0.3) is 0 Å². The first-order chi connectivity index (χ1) is 9.49. The number of carbonyl (C=O) groups is 2. The standard InChI is InChI=1S/C13H18N2O4S/c1-19-8-3-4-9(13(17)18)11(7-8)15-12(16)10(14)5-6-20-2/h3-4,7,10H,5-6,14H2,1-2H3,(H,15,16)(H,17,18)/t10-/m0/s1. The molecule has 0 aliphatic carbocycles. The quantitative estimate of drug-likeness (QED) is 0.703. The summed E-state index contributed by atoms with van der Waals surface area (Å²) in [6.45, 7) is 0. The van der Waals surface area contributed by atoms with Gasteiger partial charge in [-0.25, -0.2) is 4.79 Å². The number of carbonyl (C=O) groups excluding carboxylic acids is 1. The lowest BCUT2D eigenvalue weighted by Crippen LogP contribution is -2.36. The zero-order valence-electron chi connectivity index (χ0n) is 11.4. The van der Waals surface area contributed by atoms with E-state index in [1.165, 1.54) is 25.3 Å². The molecule has 1 amide bonds. The van der Waals surface area contributed by atoms with E-state index >= 15 is 0 Å². The molecule has 0 radical (unpaired) electrons. The molecule has 0 fully saturated rings. The van der Waals surface area contributed by atoms with Crippen LogP contribution in [-0.4, -0.2) is 42.1 Å². The molecule has 110 valence electrons. The summed E-state index contributed by atoms with van der Waals surface area (Å²) in [4.78, 5) is 23.0. The minimum absolute atomic E-state index is 0.00350. The number of nitrogens with two attached hydrogens (primary N) is 1. The van der Waals surface area contributed by atoms with Crippen LogP contribution in [0.4, 0.5) is 5.69 Å². The van der Waals surface area contributed by atoms with Gasteiger partial charge in [-0.3, -0.25) is 4.79 Å². The van der Waals surface area contributed by atoms with Crippen molar-refractivity contribution in [2.24, 2.45) is 5.73 Å². The summed E-state index contributed by atoms with van der Waals surface area (Å²) in [6.07, 6.45) is 2.45. The van der Waals surface area contributed by atoms with Gasteiger partial charge in [0.15, 0.2) is 0 Å². The fraction of sp³-hybridized carbons (Fsp3) is 0.385. The van der Waals surface area contributed by atoms with Crippen molar-refractivity contribution in [3.63, 3.8) is 0 Å². The number of methoxy groups -OCH3 is 1. The Hall–Kier alpha value is -1.73. The highest BCUT2D eigenvalue weighted by Gasteiger charge is 2.17. The number of thioether (sulfide) groups is 1. The lowest BCUT2D eigenvalue weighted by Gasteiger charge is -2.14. The Morgan fingerprint density at radius 3 is 2.75 bits per heavy atom. The second-order valence-electron chi connectivity index (χ2n) is 4.09. The summed E-state index contributed by atoms with van der Waals surface area (Å²) in [5.74, 6) is -0.309. The molecule has 1 atom stereocenters. The van der Waals surface area contributed by atoms with Crippen LogP contribution in [0.2, 0.25) is 0 Å². The van der Waals surface area contributed by atoms with Gasteiger partial charge in [0.1, 0.15) is 5.75 Å². The molecule has 0 saturated carbocycles. The van der Waals surface area contributed by atoms with Crippen molar-refractivity contribution in [2.75, 3.05) is 24.4 Å². The van der Waals surface area contributed by atoms with Crippen LogP contribution >= 0.6 is 11.8 Å². The predicted molar refractivity (Wildman–Crippen MR) is 79.6 cm³/mol. The second kappa shape index (κ2) is 7.76. The van der Waals surface area contributed by atoms with E-state index in [1.807, 2.05) is 6.26 Å². The lowest BCUT2D eigenvalue weighted by molar-refractivity contribution is -0.117. The van der Waals surface area contributed by atoms with Gasteiger partial charge < -0.3 is 20.9 Å². The molecule has 0 heterocycles. The Morgan fingerprint density at radius 2 is 2.20 bits per heavy atom. The number of ether oxygens (including phenoxy) is 1. The van der Waals surface area contributed by atoms with Crippen LogP contribution in [0, 0.1) is 0 Å². The van der Waals surface area contributed by atoms with Gasteiger partial charge >= 0.3 is 5.97 Å². The summed E-state index contributed by atoms with van der Waals surface area (Å²) in [6, 6.07) is 3.69. The van der Waals surface area contributed by atoms with Crippen LogP contribution in [0.1, 0.15) is 16.8 Å². The molecular formula is C13H18N2O4S. The van der Waals surface area contributed by atoms with Crippen LogP contribution in [0.15, 0.2) is 18.2 Å². The van der Waals surface area contributed by atoms with E-state index in [1.54, 1.807) is 11.8 Å². The van der Waals surface area contributed by atoms with Crippen LogP contribution < -0.4 is 15.8 Å². The molecule has 7 heteroatoms. The van der Waals surface area contributed by atoms with Gasteiger partial charge in [-0.1, -0.05) is 0 Å². The summed E-state index contributed by atoms with van der Waals surface area (Å²) >= 11 is 1.59. The molecule has 0 bridgehead atoms. The van der Waals surface area contributed by atoms with Gasteiger partial charge in [-0.15, -0.1) is 0 Å². The highest BCUT2D eigenvalue weighted by molar-refractivity contribution is 7.98. The third-order valence-electron chi connectivity index (χ3n) is 2.68. The van der Waals surface area contributed by atoms with Crippen LogP contribution in [-0.2, 0) is 4.79 Å². The SMILES string of the molecule is COc1ccc(C(=O)O)c(NC(=O)[C@@H](N)CCSC)c1. The average molecular weight is 298 g/mol. The largest absolute Gasteiger partial charge is 0.497 e. The Kier molecular flexibility index (Phi) is 6.33. The normalized spacial score (nSPS) is 11.8. The van der Waals surface area contributed by atoms with Crippen molar-refractivity contribution < 1.29 is 19.4 Å². The second-order valence-corrected chi connectivity index (χ2v) is 5.08. The molecular weight excluding hydrogens is 280 g/mol. The molecule has 0 spiro atoms. The topological polar surface area (TPSA) is 102 Å². The van der Waals surface area contributed by atoms with Crippen molar-refractivity contribution in [3.05, 3.63) is 23.8 Å². The van der Waals surface area contributed by atoms with Crippen molar-refractivity contribution in [2.45, 2.75) is 12.5 Å². The van der Waals surface area contributed by atoms with E-state index in [0.717, 1.165) is 5.75 Å². The van der Waals surface area contributed by atoms with Crippen LogP contribution in [0.5, 0.6) is 5.75 Å². The predicted octanol–water partition coefficient (Wildman–Crippen LogP) is 1.41. The number of carboxylic acid groups (broad SMARTS) is 1. The molecule has 6 nitrogen and oxygen atoms in total. The van der Waals surface area contributed by atoms with Crippen molar-refractivity contribution in [1.29, 1.82) is 0 Å². The summed E-state index contributed by atoms with van der Waals surface area (Å²) < 4.78 is 5.02. The van der Waals surface area contributed by atoms with Gasteiger partial charge in [-0.2, -0.15) is 11.8 Å². The monoisotopic (exact) mass is 298 g/mol. The molecule has 0 aromatic heterocycles. The number of nitrogens with one attached hydrogen (secondary N) is 1. The Balaban J connectivity index is 2.89. The van der Waals surface area contributed by atoms with E-state index < -0.39 is 17.9 Å². The van der Waals surface area contributed by atoms with Crippen molar-refractivity contribution in [1.82, 2.24) is 0 Å². The maximum Gasteiger partial charge on any atom is 0.337 e. The minimum Gasteiger partial charge on any atom is -0.497 e. The molecule has 0 saturated heterocycles. The first-order valence-electron chi connectivity index (χ1n) is 5.96.